The molecule has 0 aliphatic rings. The van der Waals surface area contributed by atoms with E-state index in [-0.39, 0.29) is 16.7 Å². The van der Waals surface area contributed by atoms with Crippen molar-refractivity contribution in [3.63, 3.8) is 0 Å². The molecular formula is C15H19N3O2S. The lowest BCUT2D eigenvalue weighted by Gasteiger charge is -2.18. The molecule has 2 aromatic rings. The van der Waals surface area contributed by atoms with Crippen LogP contribution in [0.25, 0.3) is 0 Å². The second-order valence-electron chi connectivity index (χ2n) is 4.82. The van der Waals surface area contributed by atoms with Gasteiger partial charge in [0.15, 0.2) is 0 Å². The Hall–Kier alpha value is -1.79. The maximum absolute atomic E-state index is 10.9. The average Bonchev–Trinajstić information content (AvgIpc) is 3.00. The largest absolute Gasteiger partial charge is 0.310 e. The van der Waals surface area contributed by atoms with Crippen LogP contribution in [0.4, 0.5) is 5.69 Å². The molecule has 1 N–H and O–H groups in total. The van der Waals surface area contributed by atoms with E-state index in [1.807, 2.05) is 17.6 Å². The Morgan fingerprint density at radius 1 is 1.48 bits per heavy atom. The number of benzene rings is 1. The van der Waals surface area contributed by atoms with Gasteiger partial charge in [-0.25, -0.2) is 4.98 Å². The van der Waals surface area contributed by atoms with Gasteiger partial charge in [-0.1, -0.05) is 25.5 Å². The summed E-state index contributed by atoms with van der Waals surface area (Å²) < 4.78 is 0. The molecule has 5 nitrogen and oxygen atoms in total. The normalized spacial score (nSPS) is 12.2. The van der Waals surface area contributed by atoms with Crippen molar-refractivity contribution in [2.75, 3.05) is 6.54 Å². The summed E-state index contributed by atoms with van der Waals surface area (Å²) in [5.41, 5.74) is 1.13. The van der Waals surface area contributed by atoms with Crippen LogP contribution < -0.4 is 5.32 Å². The van der Waals surface area contributed by atoms with Gasteiger partial charge >= 0.3 is 0 Å². The van der Waals surface area contributed by atoms with Crippen molar-refractivity contribution < 1.29 is 4.92 Å². The molecule has 0 radical (unpaired) electrons. The van der Waals surface area contributed by atoms with Gasteiger partial charge < -0.3 is 5.32 Å². The van der Waals surface area contributed by atoms with E-state index < -0.39 is 0 Å². The summed E-state index contributed by atoms with van der Waals surface area (Å²) in [6.07, 6.45) is 4.67. The van der Waals surface area contributed by atoms with Crippen LogP contribution in [0, 0.1) is 10.1 Å². The smallest absolute Gasteiger partial charge is 0.269 e. The van der Waals surface area contributed by atoms with Gasteiger partial charge in [0.2, 0.25) is 0 Å². The highest BCUT2D eigenvalue weighted by Gasteiger charge is 2.13. The quantitative estimate of drug-likeness (QED) is 0.596. The fraction of sp³-hybridized carbons (Fsp3) is 0.400. The van der Waals surface area contributed by atoms with Gasteiger partial charge in [-0.3, -0.25) is 10.1 Å². The Morgan fingerprint density at radius 3 is 3.00 bits per heavy atom. The Morgan fingerprint density at radius 2 is 2.33 bits per heavy atom. The van der Waals surface area contributed by atoms with Crippen LogP contribution in [0.2, 0.25) is 0 Å². The maximum atomic E-state index is 10.9. The fourth-order valence-corrected chi connectivity index (χ4v) is 2.88. The first-order valence-corrected chi connectivity index (χ1v) is 7.94. The first-order valence-electron chi connectivity index (χ1n) is 7.06. The zero-order chi connectivity index (χ0) is 15.1. The van der Waals surface area contributed by atoms with Crippen LogP contribution in [0.15, 0.2) is 35.8 Å². The van der Waals surface area contributed by atoms with E-state index in [1.165, 1.54) is 6.07 Å². The number of thiazole rings is 1. The number of hydrogen-bond donors (Lipinski definition) is 1. The molecule has 1 unspecified atom stereocenters. The van der Waals surface area contributed by atoms with Gasteiger partial charge in [0.1, 0.15) is 0 Å². The fourth-order valence-electron chi connectivity index (χ4n) is 2.26. The molecule has 112 valence electrons. The average molecular weight is 305 g/mol. The Bertz CT molecular complexity index is 572. The van der Waals surface area contributed by atoms with Crippen molar-refractivity contribution in [2.24, 2.45) is 0 Å². The van der Waals surface area contributed by atoms with Crippen LogP contribution >= 0.6 is 11.3 Å². The van der Waals surface area contributed by atoms with E-state index in [2.05, 4.69) is 17.2 Å². The van der Waals surface area contributed by atoms with E-state index in [1.54, 1.807) is 23.5 Å². The summed E-state index contributed by atoms with van der Waals surface area (Å²) in [6, 6.07) is 7.04. The minimum Gasteiger partial charge on any atom is -0.310 e. The van der Waals surface area contributed by atoms with Crippen molar-refractivity contribution in [3.8, 4) is 0 Å². The van der Waals surface area contributed by atoms with E-state index in [0.29, 0.717) is 0 Å². The van der Waals surface area contributed by atoms with Gasteiger partial charge in [-0.2, -0.15) is 0 Å². The summed E-state index contributed by atoms with van der Waals surface area (Å²) in [6.45, 7) is 2.94. The Kier molecular flexibility index (Phi) is 5.83. The number of non-ortho nitro benzene ring substituents is 1. The first kappa shape index (κ1) is 15.6. The zero-order valence-electron chi connectivity index (χ0n) is 12.0. The minimum atomic E-state index is -0.345. The van der Waals surface area contributed by atoms with E-state index in [9.17, 15) is 10.1 Å². The third-order valence-corrected chi connectivity index (χ3v) is 4.11. The standard InChI is InChI=1S/C15H19N3O2S/c1-2-4-14(16-8-7-15-17-9-10-21-15)12-5-3-6-13(11-12)18(19)20/h3,5-6,9-11,14,16H,2,4,7-8H2,1H3. The Balaban J connectivity index is 2.00. The molecule has 1 heterocycles. The van der Waals surface area contributed by atoms with Crippen LogP contribution in [0.1, 0.15) is 36.4 Å². The molecule has 0 aliphatic heterocycles. The van der Waals surface area contributed by atoms with Gasteiger partial charge in [-0.05, 0) is 12.0 Å². The number of nitro benzene ring substituents is 1. The second kappa shape index (κ2) is 7.85. The van der Waals surface area contributed by atoms with E-state index >= 15 is 0 Å². The molecule has 0 spiro atoms. The molecule has 1 aromatic heterocycles. The molecule has 2 rings (SSSR count). The summed E-state index contributed by atoms with van der Waals surface area (Å²) in [4.78, 5) is 14.8. The highest BCUT2D eigenvalue weighted by atomic mass is 32.1. The van der Waals surface area contributed by atoms with Gasteiger partial charge in [0.25, 0.3) is 5.69 Å². The van der Waals surface area contributed by atoms with Gasteiger partial charge in [0, 0.05) is 42.7 Å². The van der Waals surface area contributed by atoms with E-state index in [0.717, 1.165) is 36.4 Å². The predicted molar refractivity (Wildman–Crippen MR) is 84.6 cm³/mol. The lowest BCUT2D eigenvalue weighted by molar-refractivity contribution is -0.384. The Labute approximate surface area is 128 Å². The lowest BCUT2D eigenvalue weighted by atomic mass is 10.0. The van der Waals surface area contributed by atoms with Crippen molar-refractivity contribution in [3.05, 3.63) is 56.5 Å². The van der Waals surface area contributed by atoms with Crippen LogP contribution in [-0.4, -0.2) is 16.5 Å². The molecule has 21 heavy (non-hydrogen) atoms. The number of nitrogens with zero attached hydrogens (tertiary/aromatic N) is 2. The molecule has 0 aliphatic carbocycles. The van der Waals surface area contributed by atoms with Gasteiger partial charge in [0.05, 0.1) is 9.93 Å². The number of nitrogens with one attached hydrogen (secondary N) is 1. The van der Waals surface area contributed by atoms with Crippen molar-refractivity contribution >= 4 is 17.0 Å². The van der Waals surface area contributed by atoms with E-state index in [4.69, 9.17) is 0 Å². The van der Waals surface area contributed by atoms with Crippen LogP contribution in [0.3, 0.4) is 0 Å². The minimum absolute atomic E-state index is 0.148. The second-order valence-corrected chi connectivity index (χ2v) is 5.80. The van der Waals surface area contributed by atoms with Gasteiger partial charge in [-0.15, -0.1) is 11.3 Å². The number of rotatable bonds is 8. The summed E-state index contributed by atoms with van der Waals surface area (Å²) in [5, 5.41) is 17.4. The predicted octanol–water partition coefficient (Wildman–Crippen LogP) is 3.72. The molecule has 0 saturated heterocycles. The highest BCUT2D eigenvalue weighted by molar-refractivity contribution is 7.09. The van der Waals surface area contributed by atoms with Crippen molar-refractivity contribution in [1.29, 1.82) is 0 Å². The molecule has 0 bridgehead atoms. The number of nitro groups is 1. The zero-order valence-corrected chi connectivity index (χ0v) is 12.8. The third-order valence-electron chi connectivity index (χ3n) is 3.27. The van der Waals surface area contributed by atoms with Crippen molar-refractivity contribution in [1.82, 2.24) is 10.3 Å². The van der Waals surface area contributed by atoms with Crippen molar-refractivity contribution in [2.45, 2.75) is 32.2 Å². The molecule has 0 fully saturated rings. The summed E-state index contributed by atoms with van der Waals surface area (Å²) in [7, 11) is 0. The van der Waals surface area contributed by atoms with Crippen LogP contribution in [0.5, 0.6) is 0 Å². The molecule has 1 atom stereocenters. The SMILES string of the molecule is CCCC(NCCc1nccs1)c1cccc([N+](=O)[O-])c1. The number of aromatic nitrogens is 1. The molecule has 1 aromatic carbocycles. The molecule has 6 heteroatoms. The maximum Gasteiger partial charge on any atom is 0.269 e. The number of hydrogen-bond acceptors (Lipinski definition) is 5. The summed E-state index contributed by atoms with van der Waals surface area (Å²) >= 11 is 1.65. The molecule has 0 amide bonds. The highest BCUT2D eigenvalue weighted by Crippen LogP contribution is 2.22. The monoisotopic (exact) mass is 305 g/mol. The summed E-state index contributed by atoms with van der Waals surface area (Å²) in [5.74, 6) is 0. The topological polar surface area (TPSA) is 68.1 Å². The molecule has 0 saturated carbocycles. The van der Waals surface area contributed by atoms with Crippen LogP contribution in [-0.2, 0) is 6.42 Å². The third kappa shape index (κ3) is 4.61. The molecular weight excluding hydrogens is 286 g/mol. The first-order chi connectivity index (χ1) is 10.2. The lowest BCUT2D eigenvalue weighted by Crippen LogP contribution is -2.23.